The first kappa shape index (κ1) is 18.8. The van der Waals surface area contributed by atoms with Gasteiger partial charge in [0.05, 0.1) is 6.54 Å². The van der Waals surface area contributed by atoms with Gasteiger partial charge in [0.25, 0.3) is 0 Å². The Balaban J connectivity index is 1.28. The second-order valence-corrected chi connectivity index (χ2v) is 8.79. The fourth-order valence-corrected chi connectivity index (χ4v) is 5.29. The Hall–Kier alpha value is -2.21. The minimum atomic E-state index is 0.234. The normalized spacial score (nSPS) is 22.6. The number of carbonyl (C=O) groups is 1. The van der Waals surface area contributed by atoms with E-state index in [1.54, 1.807) is 0 Å². The summed E-state index contributed by atoms with van der Waals surface area (Å²) >= 11 is 0. The van der Waals surface area contributed by atoms with E-state index < -0.39 is 0 Å². The van der Waals surface area contributed by atoms with Crippen molar-refractivity contribution in [3.63, 3.8) is 0 Å². The highest BCUT2D eigenvalue weighted by molar-refractivity contribution is 5.95. The first-order valence-electron chi connectivity index (χ1n) is 11.3. The number of hydrogen-bond donors (Lipinski definition) is 0. The maximum absolute atomic E-state index is 13.2. The van der Waals surface area contributed by atoms with Gasteiger partial charge in [-0.05, 0) is 56.7 Å². The lowest BCUT2D eigenvalue weighted by molar-refractivity contribution is -0.120. The maximum Gasteiger partial charge on any atom is 0.241 e. The molecular weight excluding hydrogens is 362 g/mol. The number of rotatable bonds is 3. The highest BCUT2D eigenvalue weighted by Gasteiger charge is 2.30. The molecule has 0 saturated carbocycles. The third-order valence-corrected chi connectivity index (χ3v) is 6.78. The number of benzene rings is 1. The highest BCUT2D eigenvalue weighted by atomic mass is 16.2. The number of carbonyl (C=O) groups excluding carboxylic acids is 1. The van der Waals surface area contributed by atoms with E-state index in [0.29, 0.717) is 12.5 Å². The molecule has 0 N–H and O–H groups in total. The number of para-hydroxylation sites is 1. The predicted molar refractivity (Wildman–Crippen MR) is 113 cm³/mol. The van der Waals surface area contributed by atoms with Crippen LogP contribution in [0.2, 0.25) is 0 Å². The van der Waals surface area contributed by atoms with Crippen molar-refractivity contribution in [2.45, 2.75) is 63.8 Å². The van der Waals surface area contributed by atoms with E-state index >= 15 is 0 Å². The molecule has 5 rings (SSSR count). The number of anilines is 1. The standard InChI is InChI=1S/C23H31N5O/c29-22(27-15-7-9-18-8-3-4-11-20(18)27)17-26-13-6-10-19(16-26)23-25-24-21-12-2-1-5-14-28(21)23/h3-4,8,11,19H,1-2,5-7,9-10,12-17H2. The van der Waals surface area contributed by atoms with Gasteiger partial charge in [-0.25, -0.2) is 0 Å². The summed E-state index contributed by atoms with van der Waals surface area (Å²) in [6.45, 7) is 4.31. The summed E-state index contributed by atoms with van der Waals surface area (Å²) in [7, 11) is 0. The summed E-state index contributed by atoms with van der Waals surface area (Å²) in [5.74, 6) is 2.94. The van der Waals surface area contributed by atoms with Crippen LogP contribution in [0, 0.1) is 0 Å². The van der Waals surface area contributed by atoms with Crippen LogP contribution in [0.4, 0.5) is 5.69 Å². The molecule has 4 heterocycles. The summed E-state index contributed by atoms with van der Waals surface area (Å²) in [5, 5.41) is 9.08. The minimum Gasteiger partial charge on any atom is -0.315 e. The van der Waals surface area contributed by atoms with Crippen molar-refractivity contribution in [1.82, 2.24) is 19.7 Å². The van der Waals surface area contributed by atoms with E-state index in [9.17, 15) is 4.79 Å². The number of nitrogens with zero attached hydrogens (tertiary/aromatic N) is 5. The average molecular weight is 394 g/mol. The molecule has 0 radical (unpaired) electrons. The second kappa shape index (κ2) is 8.27. The summed E-state index contributed by atoms with van der Waals surface area (Å²) in [4.78, 5) is 17.5. The first-order chi connectivity index (χ1) is 14.3. The Morgan fingerprint density at radius 3 is 2.86 bits per heavy atom. The SMILES string of the molecule is O=C(CN1CCCC(c2nnc3n2CCCCC3)C1)N1CCCc2ccccc21. The summed E-state index contributed by atoms with van der Waals surface area (Å²) < 4.78 is 2.38. The van der Waals surface area contributed by atoms with E-state index in [1.807, 2.05) is 11.0 Å². The molecule has 1 unspecified atom stereocenters. The van der Waals surface area contributed by atoms with Gasteiger partial charge >= 0.3 is 0 Å². The van der Waals surface area contributed by atoms with Gasteiger partial charge in [0.1, 0.15) is 11.6 Å². The molecule has 1 atom stereocenters. The van der Waals surface area contributed by atoms with Crippen LogP contribution < -0.4 is 4.90 Å². The van der Waals surface area contributed by atoms with Crippen LogP contribution >= 0.6 is 0 Å². The van der Waals surface area contributed by atoms with Crippen molar-refractivity contribution >= 4 is 11.6 Å². The van der Waals surface area contributed by atoms with E-state index in [2.05, 4.69) is 37.9 Å². The van der Waals surface area contributed by atoms with Gasteiger partial charge in [0.2, 0.25) is 5.91 Å². The number of aromatic nitrogens is 3. The minimum absolute atomic E-state index is 0.234. The monoisotopic (exact) mass is 393 g/mol. The van der Waals surface area contributed by atoms with Crippen molar-refractivity contribution in [2.24, 2.45) is 0 Å². The van der Waals surface area contributed by atoms with E-state index in [0.717, 1.165) is 75.6 Å². The molecule has 1 fully saturated rings. The van der Waals surface area contributed by atoms with Gasteiger partial charge < -0.3 is 9.47 Å². The fraction of sp³-hybridized carbons (Fsp3) is 0.609. The van der Waals surface area contributed by atoms with Crippen LogP contribution in [0.15, 0.2) is 24.3 Å². The Labute approximate surface area is 172 Å². The van der Waals surface area contributed by atoms with Gasteiger partial charge in [-0.15, -0.1) is 10.2 Å². The zero-order chi connectivity index (χ0) is 19.6. The molecule has 0 bridgehead atoms. The molecule has 1 aromatic heterocycles. The van der Waals surface area contributed by atoms with Crippen molar-refractivity contribution in [1.29, 1.82) is 0 Å². The molecule has 0 aliphatic carbocycles. The zero-order valence-corrected chi connectivity index (χ0v) is 17.2. The molecule has 29 heavy (non-hydrogen) atoms. The molecule has 3 aliphatic heterocycles. The lowest BCUT2D eigenvalue weighted by Gasteiger charge is -2.35. The molecule has 0 spiro atoms. The second-order valence-electron chi connectivity index (χ2n) is 8.79. The topological polar surface area (TPSA) is 54.3 Å². The predicted octanol–water partition coefficient (Wildman–Crippen LogP) is 3.16. The molecule has 154 valence electrons. The molecule has 1 amide bonds. The molecule has 6 heteroatoms. The lowest BCUT2D eigenvalue weighted by atomic mass is 9.96. The van der Waals surface area contributed by atoms with Crippen molar-refractivity contribution < 1.29 is 4.79 Å². The largest absolute Gasteiger partial charge is 0.315 e. The summed E-state index contributed by atoms with van der Waals surface area (Å²) in [5.41, 5.74) is 2.41. The maximum atomic E-state index is 13.2. The highest BCUT2D eigenvalue weighted by Crippen LogP contribution is 2.30. The van der Waals surface area contributed by atoms with Gasteiger partial charge in [0.15, 0.2) is 0 Å². The van der Waals surface area contributed by atoms with Crippen LogP contribution in [-0.2, 0) is 24.2 Å². The van der Waals surface area contributed by atoms with Crippen molar-refractivity contribution in [2.75, 3.05) is 31.1 Å². The summed E-state index contributed by atoms with van der Waals surface area (Å²) in [6, 6.07) is 8.36. The lowest BCUT2D eigenvalue weighted by Crippen LogP contribution is -2.45. The Kier molecular flexibility index (Phi) is 5.36. The molecule has 1 saturated heterocycles. The quantitative estimate of drug-likeness (QED) is 0.804. The number of aryl methyl sites for hydroxylation is 2. The van der Waals surface area contributed by atoms with Gasteiger partial charge in [-0.1, -0.05) is 24.6 Å². The summed E-state index contributed by atoms with van der Waals surface area (Å²) in [6.07, 6.45) is 9.18. The Morgan fingerprint density at radius 2 is 1.90 bits per heavy atom. The number of amides is 1. The van der Waals surface area contributed by atoms with Crippen LogP contribution in [0.5, 0.6) is 0 Å². The van der Waals surface area contributed by atoms with Gasteiger partial charge in [-0.3, -0.25) is 9.69 Å². The van der Waals surface area contributed by atoms with E-state index in [1.165, 1.54) is 24.8 Å². The number of hydrogen-bond acceptors (Lipinski definition) is 4. The molecular formula is C23H31N5O. The third kappa shape index (κ3) is 3.82. The van der Waals surface area contributed by atoms with E-state index in [4.69, 9.17) is 0 Å². The van der Waals surface area contributed by atoms with Gasteiger partial charge in [0, 0.05) is 37.7 Å². The Morgan fingerprint density at radius 1 is 0.966 bits per heavy atom. The average Bonchev–Trinajstić information content (AvgIpc) is 3.02. The molecule has 6 nitrogen and oxygen atoms in total. The number of likely N-dealkylation sites (tertiary alicyclic amines) is 1. The number of fused-ring (bicyclic) bond motifs is 2. The number of piperidine rings is 1. The van der Waals surface area contributed by atoms with Gasteiger partial charge in [-0.2, -0.15) is 0 Å². The van der Waals surface area contributed by atoms with Crippen molar-refractivity contribution in [3.05, 3.63) is 41.5 Å². The van der Waals surface area contributed by atoms with Crippen LogP contribution in [0.1, 0.15) is 61.7 Å². The molecule has 1 aromatic carbocycles. The smallest absolute Gasteiger partial charge is 0.241 e. The van der Waals surface area contributed by atoms with Crippen LogP contribution in [0.3, 0.4) is 0 Å². The molecule has 2 aromatic rings. The first-order valence-corrected chi connectivity index (χ1v) is 11.3. The zero-order valence-electron chi connectivity index (χ0n) is 17.2. The third-order valence-electron chi connectivity index (χ3n) is 6.78. The van der Waals surface area contributed by atoms with Crippen LogP contribution in [0.25, 0.3) is 0 Å². The Bertz CT molecular complexity index is 876. The van der Waals surface area contributed by atoms with Crippen molar-refractivity contribution in [3.8, 4) is 0 Å². The van der Waals surface area contributed by atoms with E-state index in [-0.39, 0.29) is 5.91 Å². The van der Waals surface area contributed by atoms with Crippen LogP contribution in [-0.4, -0.2) is 51.8 Å². The molecule has 3 aliphatic rings. The fourth-order valence-electron chi connectivity index (χ4n) is 5.29.